The summed E-state index contributed by atoms with van der Waals surface area (Å²) >= 11 is 6.61. The van der Waals surface area contributed by atoms with E-state index in [1.807, 2.05) is 0 Å². The number of nitrogens with one attached hydrogen (secondary N) is 2. The van der Waals surface area contributed by atoms with Gasteiger partial charge in [0.25, 0.3) is 0 Å². The monoisotopic (exact) mass is 413 g/mol. The summed E-state index contributed by atoms with van der Waals surface area (Å²) in [6, 6.07) is 7.81. The molecule has 1 atom stereocenters. The SMILES string of the molecule is NC(c1ccc(F)c(Br)c1)c1cc2[nH]c(=O)[nH]c2cc1Br. The van der Waals surface area contributed by atoms with E-state index in [-0.39, 0.29) is 11.5 Å². The van der Waals surface area contributed by atoms with Crippen LogP contribution in [0.2, 0.25) is 0 Å². The fourth-order valence-corrected chi connectivity index (χ4v) is 3.18. The van der Waals surface area contributed by atoms with E-state index in [2.05, 4.69) is 41.8 Å². The fraction of sp³-hybridized carbons (Fsp3) is 0.0714. The van der Waals surface area contributed by atoms with Crippen molar-refractivity contribution in [3.05, 3.63) is 66.7 Å². The average Bonchev–Trinajstić information content (AvgIpc) is 2.79. The highest BCUT2D eigenvalue weighted by atomic mass is 79.9. The van der Waals surface area contributed by atoms with E-state index in [1.165, 1.54) is 6.07 Å². The molecule has 0 aliphatic rings. The van der Waals surface area contributed by atoms with Crippen LogP contribution in [0.25, 0.3) is 11.0 Å². The Morgan fingerprint density at radius 2 is 1.71 bits per heavy atom. The van der Waals surface area contributed by atoms with Crippen molar-refractivity contribution in [1.82, 2.24) is 9.97 Å². The van der Waals surface area contributed by atoms with Crippen LogP contribution in [-0.4, -0.2) is 9.97 Å². The first-order valence-corrected chi connectivity index (χ1v) is 7.66. The van der Waals surface area contributed by atoms with Crippen LogP contribution in [0, 0.1) is 5.82 Å². The van der Waals surface area contributed by atoms with Crippen LogP contribution in [0.4, 0.5) is 4.39 Å². The van der Waals surface area contributed by atoms with Gasteiger partial charge in [0.05, 0.1) is 21.5 Å². The largest absolute Gasteiger partial charge is 0.323 e. The summed E-state index contributed by atoms with van der Waals surface area (Å²) in [6.07, 6.45) is 0. The van der Waals surface area contributed by atoms with Gasteiger partial charge in [-0.3, -0.25) is 0 Å². The highest BCUT2D eigenvalue weighted by Crippen LogP contribution is 2.31. The predicted octanol–water partition coefficient (Wildman–Crippen LogP) is 3.57. The molecule has 1 heterocycles. The fourth-order valence-electron chi connectivity index (χ4n) is 2.20. The van der Waals surface area contributed by atoms with Gasteiger partial charge in [0.1, 0.15) is 5.82 Å². The van der Waals surface area contributed by atoms with E-state index in [9.17, 15) is 9.18 Å². The van der Waals surface area contributed by atoms with Gasteiger partial charge in [-0.2, -0.15) is 0 Å². The number of hydrogen-bond acceptors (Lipinski definition) is 2. The minimum atomic E-state index is -0.445. The van der Waals surface area contributed by atoms with E-state index < -0.39 is 6.04 Å². The number of imidazole rings is 1. The third-order valence-electron chi connectivity index (χ3n) is 3.27. The van der Waals surface area contributed by atoms with Crippen molar-refractivity contribution < 1.29 is 4.39 Å². The second-order valence-electron chi connectivity index (χ2n) is 4.65. The number of rotatable bonds is 2. The molecule has 0 amide bonds. The van der Waals surface area contributed by atoms with Gasteiger partial charge in [0, 0.05) is 4.47 Å². The molecule has 108 valence electrons. The zero-order valence-electron chi connectivity index (χ0n) is 10.6. The molecule has 0 aliphatic heterocycles. The summed E-state index contributed by atoms with van der Waals surface area (Å²) in [7, 11) is 0. The molecule has 1 aromatic heterocycles. The van der Waals surface area contributed by atoms with Gasteiger partial charge in [-0.15, -0.1) is 0 Å². The lowest BCUT2D eigenvalue weighted by molar-refractivity contribution is 0.619. The highest BCUT2D eigenvalue weighted by molar-refractivity contribution is 9.10. The molecule has 1 unspecified atom stereocenters. The number of fused-ring (bicyclic) bond motifs is 1. The van der Waals surface area contributed by atoms with Crippen LogP contribution in [-0.2, 0) is 0 Å². The Labute approximate surface area is 135 Å². The number of hydrogen-bond donors (Lipinski definition) is 3. The van der Waals surface area contributed by atoms with Gasteiger partial charge >= 0.3 is 5.69 Å². The standard InChI is InChI=1S/C14H10Br2FN3O/c15-8-5-12-11(19-14(21)20-12)4-7(8)13(18)6-1-2-10(17)9(16)3-6/h1-5,13H,18H2,(H2,19,20,21). The van der Waals surface area contributed by atoms with Crippen molar-refractivity contribution in [1.29, 1.82) is 0 Å². The first kappa shape index (κ1) is 14.5. The molecule has 0 radical (unpaired) electrons. The zero-order chi connectivity index (χ0) is 15.1. The molecule has 0 bridgehead atoms. The Morgan fingerprint density at radius 1 is 1.05 bits per heavy atom. The van der Waals surface area contributed by atoms with Crippen molar-refractivity contribution in [3.8, 4) is 0 Å². The lowest BCUT2D eigenvalue weighted by Gasteiger charge is -2.15. The molecular formula is C14H10Br2FN3O. The molecule has 3 rings (SSSR count). The van der Waals surface area contributed by atoms with Gasteiger partial charge in [-0.25, -0.2) is 9.18 Å². The van der Waals surface area contributed by atoms with Gasteiger partial charge in [0.2, 0.25) is 0 Å². The normalized spacial score (nSPS) is 12.8. The maximum absolute atomic E-state index is 13.3. The first-order chi connectivity index (χ1) is 9.95. The molecule has 3 aromatic rings. The minimum absolute atomic E-state index is 0.271. The van der Waals surface area contributed by atoms with Crippen LogP contribution in [0.3, 0.4) is 0 Å². The number of aromatic amines is 2. The molecule has 0 saturated heterocycles. The topological polar surface area (TPSA) is 74.7 Å². The third kappa shape index (κ3) is 2.68. The predicted molar refractivity (Wildman–Crippen MR) is 86.7 cm³/mol. The number of halogens is 3. The Hall–Kier alpha value is -1.44. The lowest BCUT2D eigenvalue weighted by Crippen LogP contribution is -2.12. The van der Waals surface area contributed by atoms with Crippen LogP contribution < -0.4 is 11.4 Å². The number of H-pyrrole nitrogens is 2. The second-order valence-corrected chi connectivity index (χ2v) is 6.36. The van der Waals surface area contributed by atoms with E-state index >= 15 is 0 Å². The van der Waals surface area contributed by atoms with Crippen LogP contribution in [0.1, 0.15) is 17.2 Å². The number of nitrogens with two attached hydrogens (primary N) is 1. The van der Waals surface area contributed by atoms with Gasteiger partial charge in [0.15, 0.2) is 0 Å². The molecular weight excluding hydrogens is 405 g/mol. The summed E-state index contributed by atoms with van der Waals surface area (Å²) in [5, 5.41) is 0. The van der Waals surface area contributed by atoms with Crippen LogP contribution >= 0.6 is 31.9 Å². The Bertz CT molecular complexity index is 888. The van der Waals surface area contributed by atoms with Crippen molar-refractivity contribution in [2.24, 2.45) is 5.73 Å². The van der Waals surface area contributed by atoms with Crippen molar-refractivity contribution in [2.75, 3.05) is 0 Å². The van der Waals surface area contributed by atoms with Gasteiger partial charge < -0.3 is 15.7 Å². The Balaban J connectivity index is 2.11. The Morgan fingerprint density at radius 3 is 2.38 bits per heavy atom. The maximum Gasteiger partial charge on any atom is 0.323 e. The van der Waals surface area contributed by atoms with Crippen molar-refractivity contribution in [3.63, 3.8) is 0 Å². The molecule has 0 aliphatic carbocycles. The molecule has 0 saturated carbocycles. The molecule has 0 fully saturated rings. The van der Waals surface area contributed by atoms with Crippen molar-refractivity contribution >= 4 is 42.9 Å². The van der Waals surface area contributed by atoms with Gasteiger partial charge in [-0.1, -0.05) is 22.0 Å². The molecule has 4 nitrogen and oxygen atoms in total. The van der Waals surface area contributed by atoms with Gasteiger partial charge in [-0.05, 0) is 51.3 Å². The van der Waals surface area contributed by atoms with Crippen molar-refractivity contribution in [2.45, 2.75) is 6.04 Å². The number of aromatic nitrogens is 2. The summed E-state index contributed by atoms with van der Waals surface area (Å²) < 4.78 is 14.5. The molecule has 7 heteroatoms. The Kier molecular flexibility index (Phi) is 3.73. The highest BCUT2D eigenvalue weighted by Gasteiger charge is 2.15. The van der Waals surface area contributed by atoms with E-state index in [0.29, 0.717) is 15.5 Å². The van der Waals surface area contributed by atoms with Crippen LogP contribution in [0.15, 0.2) is 44.1 Å². The summed E-state index contributed by atoms with van der Waals surface area (Å²) in [6.45, 7) is 0. The molecule has 4 N–H and O–H groups in total. The smallest absolute Gasteiger partial charge is 0.320 e. The first-order valence-electron chi connectivity index (χ1n) is 6.07. The second kappa shape index (κ2) is 5.40. The summed E-state index contributed by atoms with van der Waals surface area (Å²) in [5.41, 5.74) is 8.93. The van der Waals surface area contributed by atoms with Crippen LogP contribution in [0.5, 0.6) is 0 Å². The maximum atomic E-state index is 13.3. The van der Waals surface area contributed by atoms with E-state index in [0.717, 1.165) is 15.6 Å². The molecule has 0 spiro atoms. The zero-order valence-corrected chi connectivity index (χ0v) is 13.8. The quantitative estimate of drug-likeness (QED) is 0.599. The third-order valence-corrected chi connectivity index (χ3v) is 4.57. The summed E-state index contributed by atoms with van der Waals surface area (Å²) in [4.78, 5) is 16.7. The lowest BCUT2D eigenvalue weighted by atomic mass is 9.99. The number of benzene rings is 2. The van der Waals surface area contributed by atoms with E-state index in [1.54, 1.807) is 24.3 Å². The summed E-state index contributed by atoms with van der Waals surface area (Å²) in [5.74, 6) is -0.338. The molecule has 21 heavy (non-hydrogen) atoms. The molecule has 2 aromatic carbocycles. The minimum Gasteiger partial charge on any atom is -0.320 e. The van der Waals surface area contributed by atoms with E-state index in [4.69, 9.17) is 5.73 Å². The average molecular weight is 415 g/mol.